The van der Waals surface area contributed by atoms with Crippen LogP contribution in [0.15, 0.2) is 54.6 Å². The smallest absolute Gasteiger partial charge is 0.323 e. The van der Waals surface area contributed by atoms with Crippen molar-refractivity contribution >= 4 is 17.4 Å². The third kappa shape index (κ3) is 4.92. The highest BCUT2D eigenvalue weighted by Gasteiger charge is 2.13. The van der Waals surface area contributed by atoms with Gasteiger partial charge in [-0.05, 0) is 37.3 Å². The number of benzene rings is 2. The van der Waals surface area contributed by atoms with E-state index in [1.54, 1.807) is 36.4 Å². The molecule has 0 radical (unpaired) electrons. The van der Waals surface area contributed by atoms with Gasteiger partial charge in [0.2, 0.25) is 5.88 Å². The zero-order valence-corrected chi connectivity index (χ0v) is 16.4. The van der Waals surface area contributed by atoms with E-state index in [2.05, 4.69) is 20.8 Å². The second-order valence-corrected chi connectivity index (χ2v) is 5.88. The Labute approximate surface area is 168 Å². The number of rotatable bonds is 7. The third-order valence-electron chi connectivity index (χ3n) is 4.04. The molecule has 150 valence electrons. The number of carbonyl (C=O) groups is 1. The minimum Gasteiger partial charge on any atom is -0.494 e. The van der Waals surface area contributed by atoms with Crippen molar-refractivity contribution in [2.75, 3.05) is 31.5 Å². The van der Waals surface area contributed by atoms with Crippen molar-refractivity contribution in [2.45, 2.75) is 6.92 Å². The molecule has 29 heavy (non-hydrogen) atoms. The molecule has 0 saturated heterocycles. The van der Waals surface area contributed by atoms with Gasteiger partial charge >= 0.3 is 6.03 Å². The Hall–Kier alpha value is -3.81. The predicted octanol–water partition coefficient (Wildman–Crippen LogP) is 4.20. The molecule has 2 aromatic carbocycles. The monoisotopic (exact) mass is 394 g/mol. The maximum absolute atomic E-state index is 12.4. The summed E-state index contributed by atoms with van der Waals surface area (Å²) in [4.78, 5) is 12.4. The van der Waals surface area contributed by atoms with Crippen LogP contribution in [0.2, 0.25) is 0 Å². The van der Waals surface area contributed by atoms with Crippen LogP contribution in [0.4, 0.5) is 16.2 Å². The number of aromatic nitrogens is 2. The molecule has 0 atom stereocenters. The maximum atomic E-state index is 12.4. The van der Waals surface area contributed by atoms with E-state index in [0.29, 0.717) is 41.1 Å². The van der Waals surface area contributed by atoms with Gasteiger partial charge in [0.05, 0.1) is 26.5 Å². The number of hydrogen-bond donors (Lipinski definition) is 2. The summed E-state index contributed by atoms with van der Waals surface area (Å²) < 4.78 is 15.9. The third-order valence-corrected chi connectivity index (χ3v) is 4.04. The zero-order chi connectivity index (χ0) is 20.6. The number of carbonyl (C=O) groups excluding carboxylic acids is 1. The van der Waals surface area contributed by atoms with E-state index >= 15 is 0 Å². The van der Waals surface area contributed by atoms with Crippen LogP contribution in [-0.4, -0.2) is 37.1 Å². The highest BCUT2D eigenvalue weighted by atomic mass is 16.5. The molecule has 3 aromatic rings. The first kappa shape index (κ1) is 19.9. The van der Waals surface area contributed by atoms with Crippen molar-refractivity contribution in [3.05, 3.63) is 54.6 Å². The van der Waals surface area contributed by atoms with E-state index in [4.69, 9.17) is 14.2 Å². The van der Waals surface area contributed by atoms with Crippen LogP contribution < -0.4 is 24.8 Å². The molecule has 0 spiro atoms. The van der Waals surface area contributed by atoms with Crippen LogP contribution in [-0.2, 0) is 0 Å². The van der Waals surface area contributed by atoms with Gasteiger partial charge in [-0.15, -0.1) is 10.2 Å². The summed E-state index contributed by atoms with van der Waals surface area (Å²) >= 11 is 0. The SMILES string of the molecule is CCOc1ccc(-c2ccc(NC(=O)Nc3c(OC)cccc3OC)cc2)nn1. The van der Waals surface area contributed by atoms with E-state index in [9.17, 15) is 4.79 Å². The molecule has 2 amide bonds. The van der Waals surface area contributed by atoms with Crippen LogP contribution in [0.25, 0.3) is 11.3 Å². The highest BCUT2D eigenvalue weighted by Crippen LogP contribution is 2.34. The Balaban J connectivity index is 1.68. The summed E-state index contributed by atoms with van der Waals surface area (Å²) in [6.07, 6.45) is 0. The molecular weight excluding hydrogens is 372 g/mol. The average Bonchev–Trinajstić information content (AvgIpc) is 2.75. The summed E-state index contributed by atoms with van der Waals surface area (Å²) in [6.45, 7) is 2.43. The molecule has 0 fully saturated rings. The number of para-hydroxylation sites is 1. The van der Waals surface area contributed by atoms with E-state index in [1.165, 1.54) is 14.2 Å². The first-order chi connectivity index (χ1) is 14.1. The largest absolute Gasteiger partial charge is 0.494 e. The number of nitrogens with zero attached hydrogens (tertiary/aromatic N) is 2. The predicted molar refractivity (Wildman–Crippen MR) is 111 cm³/mol. The van der Waals surface area contributed by atoms with Gasteiger partial charge in [-0.25, -0.2) is 4.79 Å². The van der Waals surface area contributed by atoms with Crippen LogP contribution >= 0.6 is 0 Å². The van der Waals surface area contributed by atoms with Crippen molar-refractivity contribution in [1.29, 1.82) is 0 Å². The molecule has 1 heterocycles. The number of nitrogens with one attached hydrogen (secondary N) is 2. The second-order valence-electron chi connectivity index (χ2n) is 5.88. The van der Waals surface area contributed by atoms with Crippen molar-refractivity contribution in [3.8, 4) is 28.6 Å². The van der Waals surface area contributed by atoms with Crippen LogP contribution in [0.1, 0.15) is 6.92 Å². The first-order valence-corrected chi connectivity index (χ1v) is 9.00. The van der Waals surface area contributed by atoms with Crippen molar-refractivity contribution in [3.63, 3.8) is 0 Å². The minimum absolute atomic E-state index is 0.415. The molecule has 0 bridgehead atoms. The van der Waals surface area contributed by atoms with E-state index in [0.717, 1.165) is 5.56 Å². The Bertz CT molecular complexity index is 937. The molecule has 1 aromatic heterocycles. The normalized spacial score (nSPS) is 10.2. The fraction of sp³-hybridized carbons (Fsp3) is 0.190. The van der Waals surface area contributed by atoms with E-state index in [-0.39, 0.29) is 0 Å². The van der Waals surface area contributed by atoms with Crippen LogP contribution in [0.3, 0.4) is 0 Å². The number of ether oxygens (including phenoxy) is 3. The van der Waals surface area contributed by atoms with Crippen molar-refractivity contribution in [1.82, 2.24) is 10.2 Å². The van der Waals surface area contributed by atoms with Crippen molar-refractivity contribution < 1.29 is 19.0 Å². The Kier molecular flexibility index (Phi) is 6.47. The summed E-state index contributed by atoms with van der Waals surface area (Å²) in [7, 11) is 3.06. The summed E-state index contributed by atoms with van der Waals surface area (Å²) in [5.41, 5.74) is 2.66. The summed E-state index contributed by atoms with van der Waals surface area (Å²) in [5, 5.41) is 13.7. The number of urea groups is 1. The number of methoxy groups -OCH3 is 2. The molecule has 8 nitrogen and oxygen atoms in total. The Morgan fingerprint density at radius 2 is 1.59 bits per heavy atom. The van der Waals surface area contributed by atoms with Crippen LogP contribution in [0.5, 0.6) is 17.4 Å². The molecule has 2 N–H and O–H groups in total. The van der Waals surface area contributed by atoms with E-state index < -0.39 is 6.03 Å². The van der Waals surface area contributed by atoms with Gasteiger partial charge in [-0.3, -0.25) is 0 Å². The zero-order valence-electron chi connectivity index (χ0n) is 16.4. The molecule has 8 heteroatoms. The lowest BCUT2D eigenvalue weighted by molar-refractivity contribution is 0.262. The van der Waals surface area contributed by atoms with Crippen LogP contribution in [0, 0.1) is 0 Å². The molecule has 3 rings (SSSR count). The molecule has 0 aliphatic carbocycles. The van der Waals surface area contributed by atoms with Gasteiger partial charge in [-0.2, -0.15) is 0 Å². The fourth-order valence-corrected chi connectivity index (χ4v) is 2.67. The van der Waals surface area contributed by atoms with Gasteiger partial charge in [-0.1, -0.05) is 18.2 Å². The molecule has 0 unspecified atom stereocenters. The molecule has 0 aliphatic rings. The van der Waals surface area contributed by atoms with Gasteiger partial charge in [0.15, 0.2) is 0 Å². The topological polar surface area (TPSA) is 94.6 Å². The molecular formula is C21H22N4O4. The molecule has 0 saturated carbocycles. The summed E-state index contributed by atoms with van der Waals surface area (Å²) in [5.74, 6) is 1.49. The lowest BCUT2D eigenvalue weighted by Crippen LogP contribution is -2.20. The fourth-order valence-electron chi connectivity index (χ4n) is 2.67. The van der Waals surface area contributed by atoms with Gasteiger partial charge < -0.3 is 24.8 Å². The van der Waals surface area contributed by atoms with Gasteiger partial charge in [0, 0.05) is 17.3 Å². The molecule has 0 aliphatic heterocycles. The van der Waals surface area contributed by atoms with Gasteiger partial charge in [0.1, 0.15) is 17.2 Å². The van der Waals surface area contributed by atoms with Crippen molar-refractivity contribution in [2.24, 2.45) is 0 Å². The lowest BCUT2D eigenvalue weighted by atomic mass is 10.1. The average molecular weight is 394 g/mol. The number of anilines is 2. The second kappa shape index (κ2) is 9.41. The maximum Gasteiger partial charge on any atom is 0.323 e. The van der Waals surface area contributed by atoms with Gasteiger partial charge in [0.25, 0.3) is 0 Å². The number of hydrogen-bond acceptors (Lipinski definition) is 6. The quantitative estimate of drug-likeness (QED) is 0.624. The lowest BCUT2D eigenvalue weighted by Gasteiger charge is -2.14. The standard InChI is InChI=1S/C21H22N4O4/c1-4-29-19-13-12-16(24-25-19)14-8-10-15(11-9-14)22-21(26)23-20-17(27-2)6-5-7-18(20)28-3/h5-13H,4H2,1-3H3,(H2,22,23,26). The first-order valence-electron chi connectivity index (χ1n) is 9.00. The highest BCUT2D eigenvalue weighted by molar-refractivity contribution is 6.01. The summed E-state index contributed by atoms with van der Waals surface area (Å²) in [6, 6.07) is 15.7. The van der Waals surface area contributed by atoms with E-state index in [1.807, 2.05) is 25.1 Å². The number of amides is 2. The minimum atomic E-state index is -0.415. The Morgan fingerprint density at radius 1 is 0.897 bits per heavy atom. The Morgan fingerprint density at radius 3 is 2.14 bits per heavy atom.